The van der Waals surface area contributed by atoms with Crippen molar-refractivity contribution >= 4 is 27.5 Å². The van der Waals surface area contributed by atoms with Crippen LogP contribution < -0.4 is 14.8 Å². The lowest BCUT2D eigenvalue weighted by Gasteiger charge is -2.16. The zero-order valence-electron chi connectivity index (χ0n) is 11.0. The molecule has 1 rings (SSSR count). The Hall–Kier alpha value is -1.23. The Balaban J connectivity index is 2.91. The van der Waals surface area contributed by atoms with Gasteiger partial charge < -0.3 is 14.8 Å². The molecule has 0 saturated heterocycles. The summed E-state index contributed by atoms with van der Waals surface area (Å²) < 4.78 is 10.3. The van der Waals surface area contributed by atoms with Crippen molar-refractivity contribution in [3.63, 3.8) is 0 Å². The number of ether oxygens (including phenoxy) is 2. The van der Waals surface area contributed by atoms with Crippen molar-refractivity contribution in [3.05, 3.63) is 18.2 Å². The van der Waals surface area contributed by atoms with Crippen LogP contribution >= 0.6 is 15.9 Å². The van der Waals surface area contributed by atoms with Gasteiger partial charge in [-0.05, 0) is 18.1 Å². The maximum Gasteiger partial charge on any atom is 0.238 e. The summed E-state index contributed by atoms with van der Waals surface area (Å²) in [6, 6.07) is 5.27. The number of hydrogen-bond donors (Lipinski definition) is 1. The third kappa shape index (κ3) is 3.63. The van der Waals surface area contributed by atoms with Crippen LogP contribution in [0.25, 0.3) is 0 Å². The third-order valence-electron chi connectivity index (χ3n) is 2.50. The average Bonchev–Trinajstić information content (AvgIpc) is 2.37. The van der Waals surface area contributed by atoms with Gasteiger partial charge in [0, 0.05) is 6.07 Å². The van der Waals surface area contributed by atoms with Gasteiger partial charge in [0.05, 0.1) is 24.7 Å². The molecule has 1 N–H and O–H groups in total. The first-order chi connectivity index (χ1) is 8.49. The van der Waals surface area contributed by atoms with Gasteiger partial charge in [-0.1, -0.05) is 29.8 Å². The maximum atomic E-state index is 12.0. The normalized spacial score (nSPS) is 12.1. The van der Waals surface area contributed by atoms with Gasteiger partial charge in [0.2, 0.25) is 5.91 Å². The Bertz CT molecular complexity index is 421. The summed E-state index contributed by atoms with van der Waals surface area (Å²) in [6.45, 7) is 3.95. The molecule has 0 aliphatic heterocycles. The van der Waals surface area contributed by atoms with Gasteiger partial charge in [-0.15, -0.1) is 0 Å². The van der Waals surface area contributed by atoms with E-state index in [-0.39, 0.29) is 16.7 Å². The fraction of sp³-hybridized carbons (Fsp3) is 0.462. The maximum absolute atomic E-state index is 12.0. The topological polar surface area (TPSA) is 47.6 Å². The average molecular weight is 316 g/mol. The summed E-state index contributed by atoms with van der Waals surface area (Å²) in [5.74, 6) is 1.38. The second kappa shape index (κ2) is 6.64. The fourth-order valence-corrected chi connectivity index (χ4v) is 1.53. The Labute approximate surface area is 116 Å². The summed E-state index contributed by atoms with van der Waals surface area (Å²) in [6.07, 6.45) is 0. The first-order valence-electron chi connectivity index (χ1n) is 5.66. The lowest BCUT2D eigenvalue weighted by molar-refractivity contribution is -0.116. The summed E-state index contributed by atoms with van der Waals surface area (Å²) in [4.78, 5) is 11.7. The number of rotatable bonds is 5. The van der Waals surface area contributed by atoms with E-state index in [9.17, 15) is 4.79 Å². The molecule has 18 heavy (non-hydrogen) atoms. The number of amides is 1. The number of hydrogen-bond acceptors (Lipinski definition) is 3. The van der Waals surface area contributed by atoms with Crippen LogP contribution in [0.5, 0.6) is 11.5 Å². The number of anilines is 1. The van der Waals surface area contributed by atoms with Crippen LogP contribution in [-0.2, 0) is 4.79 Å². The molecule has 1 aromatic carbocycles. The molecule has 0 fully saturated rings. The van der Waals surface area contributed by atoms with E-state index in [1.54, 1.807) is 32.4 Å². The molecule has 1 unspecified atom stereocenters. The molecular formula is C13H18BrNO3. The molecule has 0 aliphatic carbocycles. The fourth-order valence-electron chi connectivity index (χ4n) is 1.42. The molecule has 0 heterocycles. The summed E-state index contributed by atoms with van der Waals surface area (Å²) in [5.41, 5.74) is 0.604. The van der Waals surface area contributed by atoms with E-state index >= 15 is 0 Å². The smallest absolute Gasteiger partial charge is 0.238 e. The number of alkyl halides is 1. The summed E-state index contributed by atoms with van der Waals surface area (Å²) in [7, 11) is 3.14. The molecular weight excluding hydrogens is 298 g/mol. The number of halogens is 1. The van der Waals surface area contributed by atoms with Crippen LogP contribution in [0.15, 0.2) is 18.2 Å². The first kappa shape index (κ1) is 14.8. The zero-order chi connectivity index (χ0) is 13.7. The van der Waals surface area contributed by atoms with Crippen molar-refractivity contribution in [3.8, 4) is 11.5 Å². The first-order valence-corrected chi connectivity index (χ1v) is 6.58. The highest BCUT2D eigenvalue weighted by Gasteiger charge is 2.20. The van der Waals surface area contributed by atoms with E-state index < -0.39 is 0 Å². The Morgan fingerprint density at radius 2 is 1.94 bits per heavy atom. The number of nitrogens with one attached hydrogen (secondary N) is 1. The molecule has 1 aromatic rings. The quantitative estimate of drug-likeness (QED) is 0.849. The van der Waals surface area contributed by atoms with Gasteiger partial charge in [-0.2, -0.15) is 0 Å². The molecule has 4 nitrogen and oxygen atoms in total. The van der Waals surface area contributed by atoms with Crippen molar-refractivity contribution in [1.29, 1.82) is 0 Å². The van der Waals surface area contributed by atoms with Crippen LogP contribution in [0.1, 0.15) is 13.8 Å². The largest absolute Gasteiger partial charge is 0.497 e. The standard InChI is InChI=1S/C13H18BrNO3/c1-8(2)12(14)13(16)15-10-7-9(17-3)5-6-11(10)18-4/h5-8,12H,1-4H3,(H,15,16). The minimum atomic E-state index is -0.242. The van der Waals surface area contributed by atoms with Gasteiger partial charge in [-0.25, -0.2) is 0 Å². The van der Waals surface area contributed by atoms with Gasteiger partial charge in [0.25, 0.3) is 0 Å². The number of carbonyl (C=O) groups excluding carboxylic acids is 1. The van der Waals surface area contributed by atoms with Crippen molar-refractivity contribution in [2.24, 2.45) is 5.92 Å². The van der Waals surface area contributed by atoms with Gasteiger partial charge in [0.1, 0.15) is 11.5 Å². The predicted molar refractivity (Wildman–Crippen MR) is 75.7 cm³/mol. The Morgan fingerprint density at radius 1 is 1.28 bits per heavy atom. The van der Waals surface area contributed by atoms with Crippen molar-refractivity contribution in [1.82, 2.24) is 0 Å². The van der Waals surface area contributed by atoms with Gasteiger partial charge >= 0.3 is 0 Å². The van der Waals surface area contributed by atoms with E-state index in [1.165, 1.54) is 0 Å². The SMILES string of the molecule is COc1ccc(OC)c(NC(=O)C(Br)C(C)C)c1. The molecule has 0 saturated carbocycles. The molecule has 100 valence electrons. The van der Waals surface area contributed by atoms with Gasteiger partial charge in [-0.3, -0.25) is 4.79 Å². The van der Waals surface area contributed by atoms with E-state index in [0.29, 0.717) is 17.2 Å². The van der Waals surface area contributed by atoms with Crippen molar-refractivity contribution in [2.45, 2.75) is 18.7 Å². The van der Waals surface area contributed by atoms with Gasteiger partial charge in [0.15, 0.2) is 0 Å². The highest BCUT2D eigenvalue weighted by molar-refractivity contribution is 9.10. The number of methoxy groups -OCH3 is 2. The molecule has 1 amide bonds. The Morgan fingerprint density at radius 3 is 2.44 bits per heavy atom. The molecule has 0 aliphatic rings. The summed E-state index contributed by atoms with van der Waals surface area (Å²) >= 11 is 3.36. The molecule has 5 heteroatoms. The van der Waals surface area contributed by atoms with E-state index in [0.717, 1.165) is 0 Å². The number of benzene rings is 1. The van der Waals surface area contributed by atoms with E-state index in [4.69, 9.17) is 9.47 Å². The monoisotopic (exact) mass is 315 g/mol. The zero-order valence-corrected chi connectivity index (χ0v) is 12.6. The van der Waals surface area contributed by atoms with Crippen LogP contribution in [0.4, 0.5) is 5.69 Å². The van der Waals surface area contributed by atoms with Crippen LogP contribution in [0.2, 0.25) is 0 Å². The summed E-state index contributed by atoms with van der Waals surface area (Å²) in [5, 5.41) is 2.83. The second-order valence-corrected chi connectivity index (χ2v) is 5.19. The molecule has 1 atom stereocenters. The lowest BCUT2D eigenvalue weighted by atomic mass is 10.1. The van der Waals surface area contributed by atoms with Crippen molar-refractivity contribution in [2.75, 3.05) is 19.5 Å². The van der Waals surface area contributed by atoms with Crippen LogP contribution in [0.3, 0.4) is 0 Å². The minimum Gasteiger partial charge on any atom is -0.497 e. The molecule has 0 aromatic heterocycles. The molecule has 0 bridgehead atoms. The van der Waals surface area contributed by atoms with Crippen LogP contribution in [0, 0.1) is 5.92 Å². The third-order valence-corrected chi connectivity index (χ3v) is 3.97. The van der Waals surface area contributed by atoms with Crippen molar-refractivity contribution < 1.29 is 14.3 Å². The highest BCUT2D eigenvalue weighted by Crippen LogP contribution is 2.29. The lowest BCUT2D eigenvalue weighted by Crippen LogP contribution is -2.27. The van der Waals surface area contributed by atoms with E-state index in [1.807, 2.05) is 13.8 Å². The molecule has 0 radical (unpaired) electrons. The second-order valence-electron chi connectivity index (χ2n) is 4.20. The Kier molecular flexibility index (Phi) is 5.47. The predicted octanol–water partition coefficient (Wildman–Crippen LogP) is 3.06. The number of carbonyl (C=O) groups is 1. The minimum absolute atomic E-state index is 0.100. The highest BCUT2D eigenvalue weighted by atomic mass is 79.9. The van der Waals surface area contributed by atoms with Crippen LogP contribution in [-0.4, -0.2) is 25.0 Å². The molecule has 0 spiro atoms. The van der Waals surface area contributed by atoms with E-state index in [2.05, 4.69) is 21.2 Å².